The molecule has 2 saturated heterocycles. The quantitative estimate of drug-likeness (QED) is 0.748. The molecular formula is C16H30N2O5S2. The van der Waals surface area contributed by atoms with Gasteiger partial charge in [0.2, 0.25) is 0 Å². The average Bonchev–Trinajstić information content (AvgIpc) is 2.61. The maximum atomic E-state index is 13.0. The monoisotopic (exact) mass is 394 g/mol. The Morgan fingerprint density at radius 2 is 1.56 bits per heavy atom. The summed E-state index contributed by atoms with van der Waals surface area (Å²) in [5.41, 5.74) is 0. The summed E-state index contributed by atoms with van der Waals surface area (Å²) in [5.74, 6) is 0.617. The van der Waals surface area contributed by atoms with E-state index in [4.69, 9.17) is 0 Å². The highest BCUT2D eigenvalue weighted by Gasteiger charge is 2.41. The summed E-state index contributed by atoms with van der Waals surface area (Å²) in [6.45, 7) is 0.930. The molecule has 3 aliphatic rings. The Morgan fingerprint density at radius 3 is 2.16 bits per heavy atom. The summed E-state index contributed by atoms with van der Waals surface area (Å²) in [4.78, 5) is 0. The lowest BCUT2D eigenvalue weighted by Crippen LogP contribution is -2.54. The van der Waals surface area contributed by atoms with Crippen molar-refractivity contribution in [3.63, 3.8) is 0 Å². The van der Waals surface area contributed by atoms with Crippen molar-refractivity contribution in [2.75, 3.05) is 44.3 Å². The number of aliphatic hydroxyl groups is 1. The molecule has 1 N–H and O–H groups in total. The number of piperidine rings is 1. The van der Waals surface area contributed by atoms with Gasteiger partial charge in [-0.2, -0.15) is 17.0 Å². The predicted octanol–water partition coefficient (Wildman–Crippen LogP) is 0.472. The highest BCUT2D eigenvalue weighted by Crippen LogP contribution is 2.37. The van der Waals surface area contributed by atoms with Gasteiger partial charge >= 0.3 is 0 Å². The molecule has 0 spiro atoms. The third-order valence-corrected chi connectivity index (χ3v) is 9.64. The normalized spacial score (nSPS) is 33.3. The van der Waals surface area contributed by atoms with E-state index >= 15 is 0 Å². The van der Waals surface area contributed by atoms with E-state index in [0.717, 1.165) is 19.3 Å². The molecule has 0 unspecified atom stereocenters. The van der Waals surface area contributed by atoms with E-state index in [-0.39, 0.29) is 37.1 Å². The molecule has 2 aliphatic heterocycles. The van der Waals surface area contributed by atoms with Crippen molar-refractivity contribution in [1.82, 2.24) is 8.61 Å². The van der Waals surface area contributed by atoms with Gasteiger partial charge in [0, 0.05) is 32.8 Å². The van der Waals surface area contributed by atoms with Gasteiger partial charge in [-0.15, -0.1) is 0 Å². The molecule has 0 radical (unpaired) electrons. The fourth-order valence-corrected chi connectivity index (χ4v) is 7.74. The first-order valence-electron chi connectivity index (χ1n) is 9.38. The lowest BCUT2D eigenvalue weighted by molar-refractivity contribution is 0.0871. The van der Waals surface area contributed by atoms with Crippen LogP contribution in [-0.4, -0.2) is 74.8 Å². The molecule has 0 amide bonds. The van der Waals surface area contributed by atoms with Crippen LogP contribution >= 0.6 is 0 Å². The summed E-state index contributed by atoms with van der Waals surface area (Å²) in [6.07, 6.45) is 6.87. The zero-order valence-electron chi connectivity index (χ0n) is 14.7. The van der Waals surface area contributed by atoms with Crippen molar-refractivity contribution in [3.8, 4) is 0 Å². The van der Waals surface area contributed by atoms with Crippen LogP contribution in [0.4, 0.5) is 0 Å². The number of hydrogen-bond acceptors (Lipinski definition) is 5. The van der Waals surface area contributed by atoms with Crippen LogP contribution in [0.3, 0.4) is 0 Å². The van der Waals surface area contributed by atoms with Crippen molar-refractivity contribution in [2.45, 2.75) is 38.5 Å². The number of nitrogens with zero attached hydrogens (tertiary/aromatic N) is 2. The minimum atomic E-state index is -3.66. The van der Waals surface area contributed by atoms with Crippen molar-refractivity contribution >= 4 is 20.0 Å². The Hall–Kier alpha value is -0.220. The summed E-state index contributed by atoms with van der Waals surface area (Å²) in [5, 5.41) is 9.66. The molecule has 3 rings (SSSR count). The molecule has 25 heavy (non-hydrogen) atoms. The van der Waals surface area contributed by atoms with E-state index in [1.807, 2.05) is 0 Å². The summed E-state index contributed by atoms with van der Waals surface area (Å²) >= 11 is 0. The number of sulfone groups is 1. The van der Waals surface area contributed by atoms with Crippen molar-refractivity contribution < 1.29 is 21.9 Å². The second kappa shape index (κ2) is 7.80. The first kappa shape index (κ1) is 19.5. The molecule has 0 bridgehead atoms. The smallest absolute Gasteiger partial charge is 0.282 e. The molecule has 3 fully saturated rings. The van der Waals surface area contributed by atoms with Gasteiger partial charge in [-0.1, -0.05) is 32.1 Å². The molecule has 146 valence electrons. The Bertz CT molecular complexity index is 644. The maximum Gasteiger partial charge on any atom is 0.282 e. The highest BCUT2D eigenvalue weighted by atomic mass is 32.2. The summed E-state index contributed by atoms with van der Waals surface area (Å²) < 4.78 is 52.0. The minimum absolute atomic E-state index is 0.00359. The number of aliphatic hydroxyl groups excluding tert-OH is 1. The SMILES string of the molecule is O=S1(=O)CCN(S(=O)(=O)N2C[C@@H](CO)C[C@H](C3CCCCC3)C2)CC1. The second-order valence-electron chi connectivity index (χ2n) is 7.82. The molecule has 1 aliphatic carbocycles. The Kier molecular flexibility index (Phi) is 6.09. The topological polar surface area (TPSA) is 95.0 Å². The fraction of sp³-hybridized carbons (Fsp3) is 1.00. The van der Waals surface area contributed by atoms with Crippen LogP contribution in [0.25, 0.3) is 0 Å². The van der Waals surface area contributed by atoms with Crippen molar-refractivity contribution in [2.24, 2.45) is 17.8 Å². The van der Waals surface area contributed by atoms with Gasteiger partial charge < -0.3 is 5.11 Å². The van der Waals surface area contributed by atoms with Gasteiger partial charge in [-0.3, -0.25) is 0 Å². The van der Waals surface area contributed by atoms with E-state index < -0.39 is 20.0 Å². The van der Waals surface area contributed by atoms with E-state index in [9.17, 15) is 21.9 Å². The molecule has 0 aromatic heterocycles. The first-order valence-corrected chi connectivity index (χ1v) is 12.6. The molecule has 7 nitrogen and oxygen atoms in total. The minimum Gasteiger partial charge on any atom is -0.396 e. The Morgan fingerprint density at radius 1 is 0.920 bits per heavy atom. The summed E-state index contributed by atoms with van der Waals surface area (Å²) in [7, 11) is -6.77. The van der Waals surface area contributed by atoms with Crippen LogP contribution in [0.5, 0.6) is 0 Å². The third kappa shape index (κ3) is 4.55. The standard InChI is InChI=1S/C16H30N2O5S2/c19-13-14-10-16(15-4-2-1-3-5-15)12-18(11-14)25(22,23)17-6-8-24(20,21)9-7-17/h14-16,19H,1-13H2/t14-,16-/m0/s1. The molecule has 1 saturated carbocycles. The number of rotatable bonds is 4. The lowest BCUT2D eigenvalue weighted by Gasteiger charge is -2.42. The zero-order valence-corrected chi connectivity index (χ0v) is 16.3. The highest BCUT2D eigenvalue weighted by molar-refractivity contribution is 7.91. The zero-order chi connectivity index (χ0) is 18.1. The second-order valence-corrected chi connectivity index (χ2v) is 12.1. The van der Waals surface area contributed by atoms with Crippen LogP contribution in [-0.2, 0) is 20.0 Å². The Balaban J connectivity index is 1.72. The maximum absolute atomic E-state index is 13.0. The van der Waals surface area contributed by atoms with Gasteiger partial charge in [0.15, 0.2) is 9.84 Å². The molecule has 2 heterocycles. The molecule has 0 aromatic rings. The Labute approximate surface area is 151 Å². The van der Waals surface area contributed by atoms with E-state index in [1.54, 1.807) is 0 Å². The largest absolute Gasteiger partial charge is 0.396 e. The van der Waals surface area contributed by atoms with Gasteiger partial charge in [0.05, 0.1) is 11.5 Å². The van der Waals surface area contributed by atoms with E-state index in [0.29, 0.717) is 24.9 Å². The van der Waals surface area contributed by atoms with E-state index in [1.165, 1.54) is 27.9 Å². The third-order valence-electron chi connectivity index (χ3n) is 6.07. The van der Waals surface area contributed by atoms with Gasteiger partial charge in [0.1, 0.15) is 0 Å². The van der Waals surface area contributed by atoms with Crippen LogP contribution in [0, 0.1) is 17.8 Å². The number of hydrogen-bond donors (Lipinski definition) is 1. The van der Waals surface area contributed by atoms with Gasteiger partial charge in [-0.25, -0.2) is 8.42 Å². The van der Waals surface area contributed by atoms with Crippen molar-refractivity contribution in [1.29, 1.82) is 0 Å². The molecular weight excluding hydrogens is 364 g/mol. The summed E-state index contributed by atoms with van der Waals surface area (Å²) in [6, 6.07) is 0. The van der Waals surface area contributed by atoms with Crippen molar-refractivity contribution in [3.05, 3.63) is 0 Å². The predicted molar refractivity (Wildman–Crippen MR) is 96.0 cm³/mol. The molecule has 9 heteroatoms. The van der Waals surface area contributed by atoms with Gasteiger partial charge in [-0.05, 0) is 24.2 Å². The first-order chi connectivity index (χ1) is 11.8. The fourth-order valence-electron chi connectivity index (χ4n) is 4.56. The van der Waals surface area contributed by atoms with Crippen LogP contribution in [0.15, 0.2) is 0 Å². The lowest BCUT2D eigenvalue weighted by atomic mass is 9.75. The molecule has 2 atom stereocenters. The van der Waals surface area contributed by atoms with Crippen LogP contribution in [0.1, 0.15) is 38.5 Å². The average molecular weight is 395 g/mol. The van der Waals surface area contributed by atoms with Crippen LogP contribution < -0.4 is 0 Å². The molecule has 0 aromatic carbocycles. The van der Waals surface area contributed by atoms with Gasteiger partial charge in [0.25, 0.3) is 10.2 Å². The van der Waals surface area contributed by atoms with E-state index in [2.05, 4.69) is 0 Å². The van der Waals surface area contributed by atoms with Crippen LogP contribution in [0.2, 0.25) is 0 Å².